The van der Waals surface area contributed by atoms with Gasteiger partial charge in [0.2, 0.25) is 0 Å². The molecule has 134 valence electrons. The van der Waals surface area contributed by atoms with E-state index in [2.05, 4.69) is 29.4 Å². The first-order chi connectivity index (χ1) is 13.4. The summed E-state index contributed by atoms with van der Waals surface area (Å²) in [7, 11) is -0.976. The molecular formula is C22H19N2O2P. The van der Waals surface area contributed by atoms with Crippen molar-refractivity contribution in [3.05, 3.63) is 109 Å². The first-order valence-corrected chi connectivity index (χ1v) is 9.94. The predicted molar refractivity (Wildman–Crippen MR) is 109 cm³/mol. The molecule has 0 aliphatic carbocycles. The van der Waals surface area contributed by atoms with Gasteiger partial charge in [-0.25, -0.2) is 0 Å². The lowest BCUT2D eigenvalue weighted by molar-refractivity contribution is 0.0698. The molecule has 0 fully saturated rings. The third kappa shape index (κ3) is 4.55. The molecule has 0 amide bonds. The van der Waals surface area contributed by atoms with Crippen molar-refractivity contribution in [1.82, 2.24) is 9.94 Å². The average molecular weight is 374 g/mol. The zero-order valence-electron chi connectivity index (χ0n) is 14.7. The van der Waals surface area contributed by atoms with Crippen molar-refractivity contribution in [3.63, 3.8) is 0 Å². The highest BCUT2D eigenvalue weighted by molar-refractivity contribution is 7.68. The molecule has 1 heterocycles. The van der Waals surface area contributed by atoms with E-state index in [0.717, 1.165) is 16.2 Å². The van der Waals surface area contributed by atoms with Crippen LogP contribution in [0.5, 0.6) is 5.75 Å². The molecule has 1 aromatic heterocycles. The Hall–Kier alpha value is -3.10. The van der Waals surface area contributed by atoms with Crippen LogP contribution in [0.2, 0.25) is 0 Å². The van der Waals surface area contributed by atoms with Gasteiger partial charge in [0.05, 0.1) is 6.20 Å². The largest absolute Gasteiger partial charge is 0.461 e. The quantitative estimate of drug-likeness (QED) is 0.460. The van der Waals surface area contributed by atoms with Gasteiger partial charge in [-0.05, 0) is 5.56 Å². The molecule has 4 rings (SSSR count). The molecule has 0 N–H and O–H groups in total. The van der Waals surface area contributed by atoms with Crippen LogP contribution < -0.4 is 20.0 Å². The van der Waals surface area contributed by atoms with Crippen molar-refractivity contribution < 1.29 is 9.36 Å². The van der Waals surface area contributed by atoms with E-state index in [-0.39, 0.29) is 0 Å². The number of benzene rings is 3. The molecule has 4 aromatic rings. The highest BCUT2D eigenvalue weighted by Gasteiger charge is 2.17. The standard InChI is InChI=1S/C22H19N2O2P/c1-4-10-19(11-5-1)18-25-24-17-20(16-23-24)26-27(21-12-6-2-7-13-21)22-14-8-3-9-15-22/h1-17H,18H2. The van der Waals surface area contributed by atoms with E-state index < -0.39 is 8.15 Å². The Morgan fingerprint density at radius 2 is 1.30 bits per heavy atom. The summed E-state index contributed by atoms with van der Waals surface area (Å²) in [6.45, 7) is 0.452. The summed E-state index contributed by atoms with van der Waals surface area (Å²) in [5, 5.41) is 6.55. The molecule has 0 unspecified atom stereocenters. The van der Waals surface area contributed by atoms with E-state index in [1.807, 2.05) is 66.7 Å². The molecule has 0 bridgehead atoms. The van der Waals surface area contributed by atoms with Crippen LogP contribution in [0.4, 0.5) is 0 Å². The van der Waals surface area contributed by atoms with Gasteiger partial charge in [-0.1, -0.05) is 91.0 Å². The number of hydrogen-bond acceptors (Lipinski definition) is 3. The lowest BCUT2D eigenvalue weighted by atomic mass is 10.2. The summed E-state index contributed by atoms with van der Waals surface area (Å²) in [6.07, 6.45) is 3.45. The van der Waals surface area contributed by atoms with E-state index in [1.165, 1.54) is 4.85 Å². The minimum atomic E-state index is -0.976. The summed E-state index contributed by atoms with van der Waals surface area (Å²) in [6, 6.07) is 30.5. The second-order valence-corrected chi connectivity index (χ2v) is 7.70. The fourth-order valence-electron chi connectivity index (χ4n) is 2.61. The maximum absolute atomic E-state index is 6.32. The molecule has 4 nitrogen and oxygen atoms in total. The minimum Gasteiger partial charge on any atom is -0.461 e. The van der Waals surface area contributed by atoms with Crippen LogP contribution in [-0.4, -0.2) is 9.94 Å². The summed E-state index contributed by atoms with van der Waals surface area (Å²) in [5.41, 5.74) is 1.09. The average Bonchev–Trinajstić information content (AvgIpc) is 3.20. The highest BCUT2D eigenvalue weighted by atomic mass is 31.1. The van der Waals surface area contributed by atoms with Crippen LogP contribution in [0.1, 0.15) is 5.56 Å². The van der Waals surface area contributed by atoms with Gasteiger partial charge in [0, 0.05) is 10.6 Å². The van der Waals surface area contributed by atoms with Gasteiger partial charge in [0.15, 0.2) is 13.9 Å². The summed E-state index contributed by atoms with van der Waals surface area (Å²) in [4.78, 5) is 7.15. The van der Waals surface area contributed by atoms with E-state index in [0.29, 0.717) is 12.4 Å². The first kappa shape index (κ1) is 17.3. The molecule has 0 aliphatic rings. The molecule has 0 saturated carbocycles. The van der Waals surface area contributed by atoms with Gasteiger partial charge < -0.3 is 9.36 Å². The van der Waals surface area contributed by atoms with Crippen molar-refractivity contribution >= 4 is 18.8 Å². The molecule has 27 heavy (non-hydrogen) atoms. The maximum Gasteiger partial charge on any atom is 0.165 e. The van der Waals surface area contributed by atoms with Crippen LogP contribution in [0.3, 0.4) is 0 Å². The molecule has 5 heteroatoms. The topological polar surface area (TPSA) is 36.3 Å². The van der Waals surface area contributed by atoms with Gasteiger partial charge in [-0.2, -0.15) is 0 Å². The molecule has 0 radical (unpaired) electrons. The van der Waals surface area contributed by atoms with E-state index in [9.17, 15) is 0 Å². The summed E-state index contributed by atoms with van der Waals surface area (Å²) in [5.74, 6) is 0.682. The van der Waals surface area contributed by atoms with Crippen LogP contribution >= 0.6 is 8.15 Å². The number of aromatic nitrogens is 2. The lowest BCUT2D eigenvalue weighted by Crippen LogP contribution is -2.15. The van der Waals surface area contributed by atoms with Crippen LogP contribution in [0.15, 0.2) is 103 Å². The van der Waals surface area contributed by atoms with Gasteiger partial charge in [0.25, 0.3) is 0 Å². The van der Waals surface area contributed by atoms with E-state index >= 15 is 0 Å². The Labute approximate surface area is 159 Å². The Bertz CT molecular complexity index is 920. The zero-order chi connectivity index (χ0) is 18.3. The Morgan fingerprint density at radius 3 is 1.89 bits per heavy atom. The van der Waals surface area contributed by atoms with E-state index in [4.69, 9.17) is 9.36 Å². The summed E-state index contributed by atoms with van der Waals surface area (Å²) < 4.78 is 6.32. The van der Waals surface area contributed by atoms with Crippen LogP contribution in [-0.2, 0) is 6.61 Å². The van der Waals surface area contributed by atoms with Crippen LogP contribution in [0, 0.1) is 0 Å². The summed E-state index contributed by atoms with van der Waals surface area (Å²) >= 11 is 0. The fourth-order valence-corrected chi connectivity index (χ4v) is 4.31. The first-order valence-electron chi connectivity index (χ1n) is 8.68. The third-order valence-corrected chi connectivity index (χ3v) is 5.85. The molecular weight excluding hydrogens is 355 g/mol. The normalized spacial score (nSPS) is 10.7. The predicted octanol–water partition coefficient (Wildman–Crippen LogP) is 3.94. The zero-order valence-corrected chi connectivity index (χ0v) is 15.6. The third-order valence-electron chi connectivity index (χ3n) is 3.92. The number of nitrogens with zero attached hydrogens (tertiary/aromatic N) is 2. The van der Waals surface area contributed by atoms with Gasteiger partial charge in [-0.15, -0.1) is 9.94 Å². The molecule has 0 aliphatic heterocycles. The molecule has 3 aromatic carbocycles. The van der Waals surface area contributed by atoms with E-state index in [1.54, 1.807) is 12.4 Å². The van der Waals surface area contributed by atoms with Gasteiger partial charge >= 0.3 is 0 Å². The lowest BCUT2D eigenvalue weighted by Gasteiger charge is -2.18. The Kier molecular flexibility index (Phi) is 5.47. The second kappa shape index (κ2) is 8.52. The number of hydrogen-bond donors (Lipinski definition) is 0. The molecule has 0 atom stereocenters. The Balaban J connectivity index is 1.50. The van der Waals surface area contributed by atoms with Crippen molar-refractivity contribution in [3.8, 4) is 5.75 Å². The van der Waals surface area contributed by atoms with Gasteiger partial charge in [0.1, 0.15) is 12.8 Å². The highest BCUT2D eigenvalue weighted by Crippen LogP contribution is 2.36. The van der Waals surface area contributed by atoms with Crippen LogP contribution in [0.25, 0.3) is 0 Å². The maximum atomic E-state index is 6.32. The second-order valence-electron chi connectivity index (χ2n) is 5.89. The molecule has 0 saturated heterocycles. The molecule has 0 spiro atoms. The van der Waals surface area contributed by atoms with Crippen molar-refractivity contribution in [2.45, 2.75) is 6.61 Å². The monoisotopic (exact) mass is 374 g/mol. The van der Waals surface area contributed by atoms with Gasteiger partial charge in [-0.3, -0.25) is 0 Å². The fraction of sp³-hybridized carbons (Fsp3) is 0.0455. The van der Waals surface area contributed by atoms with Crippen molar-refractivity contribution in [2.75, 3.05) is 0 Å². The minimum absolute atomic E-state index is 0.452. The Morgan fingerprint density at radius 1 is 0.741 bits per heavy atom. The number of rotatable bonds is 7. The van der Waals surface area contributed by atoms with Crippen molar-refractivity contribution in [1.29, 1.82) is 0 Å². The smallest absolute Gasteiger partial charge is 0.165 e. The SMILES string of the molecule is c1ccc(COn2cc(OP(c3ccccc3)c3ccccc3)cn2)cc1. The van der Waals surface area contributed by atoms with Crippen molar-refractivity contribution in [2.24, 2.45) is 0 Å².